The van der Waals surface area contributed by atoms with E-state index in [0.29, 0.717) is 50.0 Å². The Morgan fingerprint density at radius 2 is 2.04 bits per heavy atom. The first kappa shape index (κ1) is 18.0. The van der Waals surface area contributed by atoms with Crippen LogP contribution < -0.4 is 5.32 Å². The van der Waals surface area contributed by atoms with Crippen molar-refractivity contribution in [3.8, 4) is 0 Å². The Labute approximate surface area is 146 Å². The number of sulfonamides is 1. The number of hydrogen-bond acceptors (Lipinski definition) is 6. The summed E-state index contributed by atoms with van der Waals surface area (Å²) in [5.74, 6) is 0.730. The molecule has 0 saturated carbocycles. The van der Waals surface area contributed by atoms with Gasteiger partial charge in [-0.2, -0.15) is 4.39 Å². The molecule has 0 atom stereocenters. The summed E-state index contributed by atoms with van der Waals surface area (Å²) in [6, 6.07) is 0.0809. The van der Waals surface area contributed by atoms with Crippen LogP contribution in [0.2, 0.25) is 0 Å². The summed E-state index contributed by atoms with van der Waals surface area (Å²) in [4.78, 5) is 8.11. The van der Waals surface area contributed by atoms with Crippen molar-refractivity contribution >= 4 is 21.5 Å². The number of aromatic nitrogens is 4. The summed E-state index contributed by atoms with van der Waals surface area (Å²) in [7, 11) is -3.15. The average Bonchev–Trinajstić information content (AvgIpc) is 2.82. The molecule has 0 radical (unpaired) electrons. The van der Waals surface area contributed by atoms with Crippen LogP contribution in [0.4, 0.5) is 10.3 Å². The van der Waals surface area contributed by atoms with Gasteiger partial charge in [0.1, 0.15) is 11.3 Å². The second kappa shape index (κ2) is 6.83. The van der Waals surface area contributed by atoms with Crippen LogP contribution in [0, 0.1) is 11.9 Å². The van der Waals surface area contributed by atoms with Gasteiger partial charge in [-0.05, 0) is 18.8 Å². The third-order valence-electron chi connectivity index (χ3n) is 4.26. The van der Waals surface area contributed by atoms with Gasteiger partial charge in [0, 0.05) is 25.6 Å². The number of halogens is 1. The highest BCUT2D eigenvalue weighted by molar-refractivity contribution is 7.88. The zero-order valence-corrected chi connectivity index (χ0v) is 15.4. The van der Waals surface area contributed by atoms with Gasteiger partial charge in [-0.1, -0.05) is 13.8 Å². The van der Waals surface area contributed by atoms with Gasteiger partial charge >= 0.3 is 0 Å². The van der Waals surface area contributed by atoms with Crippen molar-refractivity contribution in [2.75, 3.05) is 24.7 Å². The molecule has 0 amide bonds. The van der Waals surface area contributed by atoms with E-state index in [1.165, 1.54) is 21.3 Å². The molecule has 1 fully saturated rings. The highest BCUT2D eigenvalue weighted by atomic mass is 32.2. The molecule has 138 valence electrons. The van der Waals surface area contributed by atoms with Gasteiger partial charge in [-0.25, -0.2) is 27.2 Å². The molecule has 0 aliphatic carbocycles. The van der Waals surface area contributed by atoms with Crippen LogP contribution in [0.25, 0.3) is 5.52 Å². The van der Waals surface area contributed by atoms with Gasteiger partial charge in [0.2, 0.25) is 21.9 Å². The van der Waals surface area contributed by atoms with E-state index in [2.05, 4.69) is 20.4 Å². The smallest absolute Gasteiger partial charge is 0.242 e. The molecule has 8 nitrogen and oxygen atoms in total. The molecular weight excluding hydrogens is 347 g/mol. The lowest BCUT2D eigenvalue weighted by molar-refractivity contribution is 0.331. The molecule has 1 aliphatic rings. The number of anilines is 1. The molecule has 3 heterocycles. The van der Waals surface area contributed by atoms with Crippen molar-refractivity contribution in [3.63, 3.8) is 0 Å². The second-order valence-corrected chi connectivity index (χ2v) is 8.86. The first-order chi connectivity index (χ1) is 11.7. The molecule has 0 spiro atoms. The van der Waals surface area contributed by atoms with Crippen LogP contribution >= 0.6 is 0 Å². The molecule has 2 aromatic rings. The normalized spacial score (nSPS) is 17.5. The summed E-state index contributed by atoms with van der Waals surface area (Å²) in [5, 5.41) is 7.59. The first-order valence-electron chi connectivity index (χ1n) is 8.36. The van der Waals surface area contributed by atoms with E-state index in [1.54, 1.807) is 0 Å². The molecule has 0 aromatic carbocycles. The lowest BCUT2D eigenvalue weighted by atomic mass is 10.1. The molecule has 10 heteroatoms. The van der Waals surface area contributed by atoms with Gasteiger partial charge in [-0.3, -0.25) is 0 Å². The number of nitrogens with zero attached hydrogens (tertiary/aromatic N) is 5. The lowest BCUT2D eigenvalue weighted by Crippen LogP contribution is -2.42. The Kier molecular flexibility index (Phi) is 4.92. The van der Waals surface area contributed by atoms with Crippen LogP contribution in [0.1, 0.15) is 32.5 Å². The summed E-state index contributed by atoms with van der Waals surface area (Å²) in [6.45, 7) is 5.01. The van der Waals surface area contributed by atoms with Gasteiger partial charge in [-0.15, -0.1) is 5.10 Å². The summed E-state index contributed by atoms with van der Waals surface area (Å²) < 4.78 is 40.0. The van der Waals surface area contributed by atoms with E-state index >= 15 is 0 Å². The van der Waals surface area contributed by atoms with Gasteiger partial charge in [0.15, 0.2) is 0 Å². The largest absolute Gasteiger partial charge is 0.350 e. The minimum Gasteiger partial charge on any atom is -0.350 e. The van der Waals surface area contributed by atoms with Crippen molar-refractivity contribution in [1.82, 2.24) is 23.9 Å². The Morgan fingerprint density at radius 1 is 1.36 bits per heavy atom. The fraction of sp³-hybridized carbons (Fsp3) is 0.667. The molecule has 0 unspecified atom stereocenters. The molecule has 1 N–H and O–H groups in total. The molecule has 1 saturated heterocycles. The highest BCUT2D eigenvalue weighted by Crippen LogP contribution is 2.18. The maximum Gasteiger partial charge on any atom is 0.242 e. The second-order valence-electron chi connectivity index (χ2n) is 6.88. The molecule has 0 bridgehead atoms. The van der Waals surface area contributed by atoms with Gasteiger partial charge in [0.25, 0.3) is 0 Å². The SMILES string of the molecule is CC(C)Cc1nc(F)c2cnc(NC3CCN(S(C)(=O)=O)CC3)nn12. The molecule has 25 heavy (non-hydrogen) atoms. The number of imidazole rings is 1. The van der Waals surface area contributed by atoms with Crippen LogP contribution in [0.3, 0.4) is 0 Å². The number of hydrogen-bond donors (Lipinski definition) is 1. The van der Waals surface area contributed by atoms with Crippen molar-refractivity contribution in [3.05, 3.63) is 18.0 Å². The number of nitrogens with one attached hydrogen (secondary N) is 1. The highest BCUT2D eigenvalue weighted by Gasteiger charge is 2.25. The van der Waals surface area contributed by atoms with Crippen molar-refractivity contribution in [2.24, 2.45) is 5.92 Å². The predicted molar refractivity (Wildman–Crippen MR) is 92.3 cm³/mol. The lowest BCUT2D eigenvalue weighted by Gasteiger charge is -2.30. The third-order valence-corrected chi connectivity index (χ3v) is 5.57. The quantitative estimate of drug-likeness (QED) is 0.853. The predicted octanol–water partition coefficient (Wildman–Crippen LogP) is 1.30. The van der Waals surface area contributed by atoms with Gasteiger partial charge < -0.3 is 5.32 Å². The molecule has 2 aromatic heterocycles. The minimum atomic E-state index is -3.15. The van der Waals surface area contributed by atoms with Crippen LogP contribution in [-0.4, -0.2) is 57.7 Å². The monoisotopic (exact) mass is 370 g/mol. The van der Waals surface area contributed by atoms with Crippen LogP contribution in [0.15, 0.2) is 6.20 Å². The van der Waals surface area contributed by atoms with E-state index in [4.69, 9.17) is 0 Å². The average molecular weight is 370 g/mol. The van der Waals surface area contributed by atoms with E-state index in [9.17, 15) is 12.8 Å². The minimum absolute atomic E-state index is 0.0809. The molecule has 3 rings (SSSR count). The van der Waals surface area contributed by atoms with E-state index in [-0.39, 0.29) is 11.6 Å². The number of piperidine rings is 1. The molecular formula is C15H23FN6O2S. The standard InChI is InChI=1S/C15H23FN6O2S/c1-10(2)8-13-19-14(16)12-9-17-15(20-22(12)13)18-11-4-6-21(7-5-11)25(3,23)24/h9-11H,4-8H2,1-3H3,(H,18,20). The van der Waals surface area contributed by atoms with Crippen molar-refractivity contribution in [1.29, 1.82) is 0 Å². The number of rotatable bonds is 5. The zero-order valence-electron chi connectivity index (χ0n) is 14.6. The summed E-state index contributed by atoms with van der Waals surface area (Å²) >= 11 is 0. The summed E-state index contributed by atoms with van der Waals surface area (Å²) in [6.07, 6.45) is 4.61. The van der Waals surface area contributed by atoms with Gasteiger partial charge in [0.05, 0.1) is 12.5 Å². The first-order valence-corrected chi connectivity index (χ1v) is 10.2. The third kappa shape index (κ3) is 4.06. The van der Waals surface area contributed by atoms with Crippen molar-refractivity contribution in [2.45, 2.75) is 39.2 Å². The van der Waals surface area contributed by atoms with Crippen molar-refractivity contribution < 1.29 is 12.8 Å². The Balaban J connectivity index is 1.74. The Morgan fingerprint density at radius 3 is 2.64 bits per heavy atom. The Hall–Kier alpha value is -1.81. The fourth-order valence-corrected chi connectivity index (χ4v) is 3.86. The zero-order chi connectivity index (χ0) is 18.2. The van der Waals surface area contributed by atoms with E-state index < -0.39 is 16.0 Å². The number of fused-ring (bicyclic) bond motifs is 1. The maximum atomic E-state index is 13.9. The Bertz CT molecular complexity index is 858. The maximum absolute atomic E-state index is 13.9. The van der Waals surface area contributed by atoms with E-state index in [0.717, 1.165) is 0 Å². The van der Waals surface area contributed by atoms with Crippen LogP contribution in [0.5, 0.6) is 0 Å². The van der Waals surface area contributed by atoms with Crippen LogP contribution in [-0.2, 0) is 16.4 Å². The summed E-state index contributed by atoms with van der Waals surface area (Å²) in [5.41, 5.74) is 0.257. The topological polar surface area (TPSA) is 92.5 Å². The van der Waals surface area contributed by atoms with E-state index in [1.807, 2.05) is 13.8 Å². The molecule has 1 aliphatic heterocycles. The fourth-order valence-electron chi connectivity index (χ4n) is 2.98.